The Morgan fingerprint density at radius 2 is 2.11 bits per heavy atom. The molecule has 0 aliphatic carbocycles. The molecule has 0 saturated heterocycles. The number of hydrogen-bond donors (Lipinski definition) is 0. The van der Waals surface area contributed by atoms with Gasteiger partial charge in [-0.2, -0.15) is 0 Å². The lowest BCUT2D eigenvalue weighted by Crippen LogP contribution is -2.42. The lowest BCUT2D eigenvalue weighted by Gasteiger charge is -2.30. The fourth-order valence-electron chi connectivity index (χ4n) is 1.90. The molecule has 0 radical (unpaired) electrons. The molecule has 1 atom stereocenters. The topological polar surface area (TPSA) is 52.6 Å². The summed E-state index contributed by atoms with van der Waals surface area (Å²) < 4.78 is 9.84. The van der Waals surface area contributed by atoms with Crippen molar-refractivity contribution < 1.29 is 19.1 Å². The Labute approximate surface area is 110 Å². The van der Waals surface area contributed by atoms with Crippen molar-refractivity contribution in [3.8, 4) is 5.75 Å². The van der Waals surface area contributed by atoms with Gasteiger partial charge in [-0.05, 0) is 25.1 Å². The number of benzene rings is 1. The normalized spacial score (nSPS) is 22.3. The van der Waals surface area contributed by atoms with Gasteiger partial charge in [-0.3, -0.25) is 9.59 Å². The molecule has 0 fully saturated rings. The molecule has 1 aliphatic heterocycles. The SMILES string of the molecule is COC(=O)C1(C)CSc2ccc(OC)cc2C1=O. The van der Waals surface area contributed by atoms with Gasteiger partial charge in [0.2, 0.25) is 0 Å². The van der Waals surface area contributed by atoms with Crippen molar-refractivity contribution in [1.29, 1.82) is 0 Å². The number of fused-ring (bicyclic) bond motifs is 1. The number of methoxy groups -OCH3 is 2. The summed E-state index contributed by atoms with van der Waals surface area (Å²) in [5.41, 5.74) is -0.586. The quantitative estimate of drug-likeness (QED) is 0.606. The molecule has 1 heterocycles. The molecule has 0 bridgehead atoms. The van der Waals surface area contributed by atoms with Crippen LogP contribution in [0.1, 0.15) is 17.3 Å². The first-order valence-electron chi connectivity index (χ1n) is 5.47. The van der Waals surface area contributed by atoms with Crippen LogP contribution >= 0.6 is 11.8 Å². The summed E-state index contributed by atoms with van der Waals surface area (Å²) in [5, 5.41) is 0. The Bertz CT molecular complexity index is 512. The number of ether oxygens (including phenoxy) is 2. The predicted octanol–water partition coefficient (Wildman–Crippen LogP) is 2.16. The molecule has 0 amide bonds. The minimum Gasteiger partial charge on any atom is -0.497 e. The van der Waals surface area contributed by atoms with Gasteiger partial charge in [0.05, 0.1) is 14.2 Å². The van der Waals surface area contributed by atoms with Crippen molar-refractivity contribution in [3.63, 3.8) is 0 Å². The van der Waals surface area contributed by atoms with Gasteiger partial charge in [-0.1, -0.05) is 0 Å². The molecule has 0 N–H and O–H groups in total. The van der Waals surface area contributed by atoms with Gasteiger partial charge in [-0.15, -0.1) is 11.8 Å². The molecular weight excluding hydrogens is 252 g/mol. The van der Waals surface area contributed by atoms with Crippen LogP contribution in [0.15, 0.2) is 23.1 Å². The largest absolute Gasteiger partial charge is 0.497 e. The van der Waals surface area contributed by atoms with Crippen LogP contribution in [0.4, 0.5) is 0 Å². The highest BCUT2D eigenvalue weighted by molar-refractivity contribution is 7.99. The van der Waals surface area contributed by atoms with E-state index < -0.39 is 11.4 Å². The predicted molar refractivity (Wildman–Crippen MR) is 68.2 cm³/mol. The molecule has 2 rings (SSSR count). The van der Waals surface area contributed by atoms with Gasteiger partial charge in [0, 0.05) is 16.2 Å². The Morgan fingerprint density at radius 3 is 2.72 bits per heavy atom. The molecular formula is C13H14O4S. The summed E-state index contributed by atoms with van der Waals surface area (Å²) in [6.45, 7) is 1.62. The highest BCUT2D eigenvalue weighted by Gasteiger charge is 2.46. The van der Waals surface area contributed by atoms with Crippen LogP contribution in [0.25, 0.3) is 0 Å². The number of rotatable bonds is 2. The molecule has 18 heavy (non-hydrogen) atoms. The maximum Gasteiger partial charge on any atom is 0.320 e. The van der Waals surface area contributed by atoms with Crippen LogP contribution in [0.2, 0.25) is 0 Å². The van der Waals surface area contributed by atoms with Crippen molar-refractivity contribution in [2.24, 2.45) is 5.41 Å². The lowest BCUT2D eigenvalue weighted by atomic mass is 9.83. The van der Waals surface area contributed by atoms with Crippen molar-refractivity contribution >= 4 is 23.5 Å². The van der Waals surface area contributed by atoms with Crippen molar-refractivity contribution in [2.45, 2.75) is 11.8 Å². The second-order valence-electron chi connectivity index (χ2n) is 4.30. The van der Waals surface area contributed by atoms with Gasteiger partial charge >= 0.3 is 5.97 Å². The van der Waals surface area contributed by atoms with Gasteiger partial charge in [0.25, 0.3) is 0 Å². The number of thioether (sulfide) groups is 1. The summed E-state index contributed by atoms with van der Waals surface area (Å²) in [4.78, 5) is 25.1. The van der Waals surface area contributed by atoms with E-state index in [-0.39, 0.29) is 5.78 Å². The fourth-order valence-corrected chi connectivity index (χ4v) is 3.07. The first-order valence-corrected chi connectivity index (χ1v) is 6.45. The molecule has 0 saturated carbocycles. The van der Waals surface area contributed by atoms with E-state index in [9.17, 15) is 9.59 Å². The molecule has 1 aromatic rings. The maximum absolute atomic E-state index is 12.4. The summed E-state index contributed by atoms with van der Waals surface area (Å²) in [6, 6.07) is 5.32. The van der Waals surface area contributed by atoms with E-state index in [0.717, 1.165) is 4.90 Å². The van der Waals surface area contributed by atoms with E-state index >= 15 is 0 Å². The van der Waals surface area contributed by atoms with Crippen molar-refractivity contribution in [3.05, 3.63) is 23.8 Å². The van der Waals surface area contributed by atoms with Gasteiger partial charge < -0.3 is 9.47 Å². The van der Waals surface area contributed by atoms with E-state index in [1.165, 1.54) is 18.9 Å². The monoisotopic (exact) mass is 266 g/mol. The molecule has 96 valence electrons. The van der Waals surface area contributed by atoms with E-state index in [0.29, 0.717) is 17.1 Å². The molecule has 0 aromatic heterocycles. The van der Waals surface area contributed by atoms with Crippen LogP contribution in [0, 0.1) is 5.41 Å². The number of Topliss-reactive ketones (excluding diaryl/α,β-unsaturated/α-hetero) is 1. The average Bonchev–Trinajstić information content (AvgIpc) is 2.41. The third-order valence-corrected chi connectivity index (χ3v) is 4.47. The van der Waals surface area contributed by atoms with E-state index in [2.05, 4.69) is 0 Å². The van der Waals surface area contributed by atoms with Crippen molar-refractivity contribution in [2.75, 3.05) is 20.0 Å². The first-order chi connectivity index (χ1) is 8.52. The number of hydrogen-bond acceptors (Lipinski definition) is 5. The maximum atomic E-state index is 12.4. The molecule has 1 aliphatic rings. The van der Waals surface area contributed by atoms with E-state index in [1.54, 1.807) is 26.2 Å². The van der Waals surface area contributed by atoms with Gasteiger partial charge in [-0.25, -0.2) is 0 Å². The number of esters is 1. The highest BCUT2D eigenvalue weighted by Crippen LogP contribution is 2.41. The summed E-state index contributed by atoms with van der Waals surface area (Å²) in [7, 11) is 2.84. The van der Waals surface area contributed by atoms with Crippen molar-refractivity contribution in [1.82, 2.24) is 0 Å². The smallest absolute Gasteiger partial charge is 0.320 e. The Morgan fingerprint density at radius 1 is 1.39 bits per heavy atom. The third-order valence-electron chi connectivity index (χ3n) is 3.08. The Balaban J connectivity index is 2.47. The second kappa shape index (κ2) is 4.65. The van der Waals surface area contributed by atoms with Crippen LogP contribution in [-0.4, -0.2) is 31.7 Å². The summed E-state index contributed by atoms with van der Waals surface area (Å²) in [6.07, 6.45) is 0. The number of ketones is 1. The standard InChI is InChI=1S/C13H14O4S/c1-13(12(15)17-3)7-18-10-5-4-8(16-2)6-9(10)11(13)14/h4-6H,7H2,1-3H3. The first kappa shape index (κ1) is 13.0. The van der Waals surface area contributed by atoms with Crippen LogP contribution in [0.5, 0.6) is 5.75 Å². The zero-order valence-electron chi connectivity index (χ0n) is 10.5. The van der Waals surface area contributed by atoms with Crippen LogP contribution in [-0.2, 0) is 9.53 Å². The van der Waals surface area contributed by atoms with E-state index in [4.69, 9.17) is 9.47 Å². The molecule has 5 heteroatoms. The molecule has 0 spiro atoms. The summed E-state index contributed by atoms with van der Waals surface area (Å²) in [5.74, 6) is 0.310. The fraction of sp³-hybridized carbons (Fsp3) is 0.385. The second-order valence-corrected chi connectivity index (χ2v) is 5.32. The number of carbonyl (C=O) groups is 2. The zero-order valence-corrected chi connectivity index (χ0v) is 11.3. The van der Waals surface area contributed by atoms with E-state index in [1.807, 2.05) is 6.07 Å². The Kier molecular flexibility index (Phi) is 3.34. The summed E-state index contributed by atoms with van der Waals surface area (Å²) >= 11 is 1.49. The minimum atomic E-state index is -1.11. The van der Waals surface area contributed by atoms with Crippen LogP contribution in [0.3, 0.4) is 0 Å². The lowest BCUT2D eigenvalue weighted by molar-refractivity contribution is -0.147. The molecule has 4 nitrogen and oxygen atoms in total. The minimum absolute atomic E-state index is 0.206. The zero-order chi connectivity index (χ0) is 13.3. The Hall–Kier alpha value is -1.49. The van der Waals surface area contributed by atoms with Gasteiger partial charge in [0.1, 0.15) is 11.2 Å². The highest BCUT2D eigenvalue weighted by atomic mass is 32.2. The van der Waals surface area contributed by atoms with Crippen LogP contribution < -0.4 is 4.74 Å². The average molecular weight is 266 g/mol. The molecule has 1 unspecified atom stereocenters. The third kappa shape index (κ3) is 1.88. The molecule has 1 aromatic carbocycles. The number of carbonyl (C=O) groups excluding carboxylic acids is 2. The van der Waals surface area contributed by atoms with Gasteiger partial charge in [0.15, 0.2) is 5.78 Å².